The third-order valence-electron chi connectivity index (χ3n) is 4.09. The summed E-state index contributed by atoms with van der Waals surface area (Å²) in [4.78, 5) is 13.2. The number of hydrogen-bond donors (Lipinski definition) is 0. The minimum Gasteiger partial charge on any atom is -0.425 e. The molecule has 0 aromatic heterocycles. The number of halogens is 1. The summed E-state index contributed by atoms with van der Waals surface area (Å²) in [5, 5.41) is -0.628. The Morgan fingerprint density at radius 3 is 2.12 bits per heavy atom. The first kappa shape index (κ1) is 20.9. The molecule has 0 heterocycles. The Hall–Kier alpha value is -1.45. The fraction of sp³-hybridized carbons (Fsp3) is 0.409. The molecule has 0 aliphatic heterocycles. The van der Waals surface area contributed by atoms with Crippen LogP contribution in [-0.2, 0) is 4.79 Å². The summed E-state index contributed by atoms with van der Waals surface area (Å²) in [5.74, 6) is 1.33. The van der Waals surface area contributed by atoms with Gasteiger partial charge in [0.2, 0.25) is 0 Å². The zero-order valence-electron chi connectivity index (χ0n) is 15.7. The summed E-state index contributed by atoms with van der Waals surface area (Å²) < 4.78 is 5.34. The molecule has 0 bridgehead atoms. The number of ether oxygens (including phenoxy) is 1. The smallest absolute Gasteiger partial charge is 0.329 e. The quantitative estimate of drug-likeness (QED) is 0.155. The van der Waals surface area contributed by atoms with E-state index in [9.17, 15) is 4.79 Å². The maximum Gasteiger partial charge on any atom is 0.329 e. The summed E-state index contributed by atoms with van der Waals surface area (Å²) in [5.41, 5.74) is 2.25. The average Bonchev–Trinajstić information content (AvgIpc) is 2.65. The number of esters is 1. The van der Waals surface area contributed by atoms with Gasteiger partial charge in [-0.05, 0) is 53.5 Å². The summed E-state index contributed by atoms with van der Waals surface area (Å²) in [6, 6.07) is 16.2. The van der Waals surface area contributed by atoms with Crippen LogP contribution in [0.25, 0.3) is 11.1 Å². The molecule has 2 aromatic carbocycles. The van der Waals surface area contributed by atoms with E-state index in [0.717, 1.165) is 11.1 Å². The van der Waals surface area contributed by atoms with Crippen LogP contribution in [0.15, 0.2) is 53.4 Å². The van der Waals surface area contributed by atoms with Crippen LogP contribution in [-0.4, -0.2) is 17.1 Å². The number of unbranched alkanes of at least 4 members (excludes halogenated alkanes) is 2. The number of rotatable bonds is 9. The van der Waals surface area contributed by atoms with Gasteiger partial charge in [-0.3, -0.25) is 4.79 Å². The normalized spacial score (nSPS) is 12.2. The molecule has 2 aromatic rings. The van der Waals surface area contributed by atoms with Gasteiger partial charge >= 0.3 is 5.97 Å². The minimum atomic E-state index is -0.628. The Morgan fingerprint density at radius 1 is 1.00 bits per heavy atom. The van der Waals surface area contributed by atoms with Crippen molar-refractivity contribution in [2.45, 2.75) is 50.3 Å². The molecule has 2 nitrogen and oxygen atoms in total. The van der Waals surface area contributed by atoms with Gasteiger partial charge < -0.3 is 4.74 Å². The molecule has 0 radical (unpaired) electrons. The van der Waals surface area contributed by atoms with Crippen molar-refractivity contribution in [3.8, 4) is 16.9 Å². The van der Waals surface area contributed by atoms with E-state index >= 15 is 0 Å². The lowest BCUT2D eigenvalue weighted by Crippen LogP contribution is -2.25. The van der Waals surface area contributed by atoms with Crippen LogP contribution in [0.3, 0.4) is 0 Å². The van der Waals surface area contributed by atoms with Gasteiger partial charge in [0.15, 0.2) is 0 Å². The van der Waals surface area contributed by atoms with E-state index in [-0.39, 0.29) is 5.92 Å². The highest BCUT2D eigenvalue weighted by Gasteiger charge is 2.21. The second-order valence-electron chi connectivity index (χ2n) is 6.67. The second-order valence-corrected chi connectivity index (χ2v) is 8.31. The summed E-state index contributed by atoms with van der Waals surface area (Å²) in [6.07, 6.45) is 3.82. The Morgan fingerprint density at radius 2 is 1.58 bits per heavy atom. The third kappa shape index (κ3) is 6.37. The maximum atomic E-state index is 11.9. The van der Waals surface area contributed by atoms with Crippen LogP contribution in [0, 0.1) is 5.92 Å². The van der Waals surface area contributed by atoms with Gasteiger partial charge in [-0.15, -0.1) is 23.4 Å². The van der Waals surface area contributed by atoms with Crippen molar-refractivity contribution in [3.63, 3.8) is 0 Å². The molecule has 0 aliphatic carbocycles. The first-order valence-corrected chi connectivity index (χ1v) is 10.6. The molecule has 2 rings (SSSR count). The predicted molar refractivity (Wildman–Crippen MR) is 112 cm³/mol. The highest BCUT2D eigenvalue weighted by molar-refractivity contribution is 7.99. The van der Waals surface area contributed by atoms with Crippen LogP contribution < -0.4 is 4.74 Å². The molecule has 4 heteroatoms. The van der Waals surface area contributed by atoms with E-state index in [1.807, 2.05) is 49.9 Å². The summed E-state index contributed by atoms with van der Waals surface area (Å²) in [6.45, 7) is 6.02. The lowest BCUT2D eigenvalue weighted by atomic mass is 10.1. The molecule has 0 amide bonds. The van der Waals surface area contributed by atoms with Gasteiger partial charge in [0.05, 0.1) is 0 Å². The van der Waals surface area contributed by atoms with Gasteiger partial charge in [-0.2, -0.15) is 0 Å². The van der Waals surface area contributed by atoms with Gasteiger partial charge in [0.1, 0.15) is 11.1 Å². The van der Waals surface area contributed by atoms with E-state index < -0.39 is 11.3 Å². The van der Waals surface area contributed by atoms with E-state index in [2.05, 4.69) is 31.2 Å². The summed E-state index contributed by atoms with van der Waals surface area (Å²) in [7, 11) is 0. The van der Waals surface area contributed by atoms with Crippen LogP contribution >= 0.6 is 23.4 Å². The highest BCUT2D eigenvalue weighted by Crippen LogP contribution is 2.27. The Labute approximate surface area is 166 Å². The van der Waals surface area contributed by atoms with Crippen molar-refractivity contribution in [3.05, 3.63) is 48.5 Å². The van der Waals surface area contributed by atoms with Crippen molar-refractivity contribution in [2.24, 2.45) is 5.92 Å². The van der Waals surface area contributed by atoms with Gasteiger partial charge in [0, 0.05) is 4.90 Å². The van der Waals surface area contributed by atoms with E-state index in [1.54, 1.807) is 0 Å². The lowest BCUT2D eigenvalue weighted by Gasteiger charge is -2.12. The first-order chi connectivity index (χ1) is 12.5. The minimum absolute atomic E-state index is 0.0433. The van der Waals surface area contributed by atoms with Crippen molar-refractivity contribution in [1.82, 2.24) is 0 Å². The highest BCUT2D eigenvalue weighted by atomic mass is 35.5. The number of carbonyl (C=O) groups is 1. The van der Waals surface area contributed by atoms with Crippen LogP contribution in [0.1, 0.15) is 40.0 Å². The standard InChI is InChI=1S/C22H27ClO2S/c1-4-5-6-15-26-20-13-9-18(10-14-20)17-7-11-19(12-8-17)25-22(24)21(23)16(2)3/h7-14,16,21H,4-6,15H2,1-3H3/t21-/m0/s1. The molecule has 0 aliphatic rings. The van der Waals surface area contributed by atoms with E-state index in [0.29, 0.717) is 5.75 Å². The second kappa shape index (κ2) is 10.6. The van der Waals surface area contributed by atoms with Crippen molar-refractivity contribution < 1.29 is 9.53 Å². The Bertz CT molecular complexity index is 680. The summed E-state index contributed by atoms with van der Waals surface area (Å²) >= 11 is 7.94. The van der Waals surface area contributed by atoms with Crippen molar-refractivity contribution in [2.75, 3.05) is 5.75 Å². The monoisotopic (exact) mass is 390 g/mol. The Balaban J connectivity index is 1.94. The van der Waals surface area contributed by atoms with Gasteiger partial charge in [-0.1, -0.05) is 57.9 Å². The van der Waals surface area contributed by atoms with Gasteiger partial charge in [0.25, 0.3) is 0 Å². The first-order valence-electron chi connectivity index (χ1n) is 9.20. The zero-order chi connectivity index (χ0) is 18.9. The molecule has 0 N–H and O–H groups in total. The Kier molecular flexibility index (Phi) is 8.53. The van der Waals surface area contributed by atoms with Crippen LogP contribution in [0.5, 0.6) is 5.75 Å². The van der Waals surface area contributed by atoms with Crippen LogP contribution in [0.4, 0.5) is 0 Å². The van der Waals surface area contributed by atoms with E-state index in [1.165, 1.54) is 29.9 Å². The van der Waals surface area contributed by atoms with E-state index in [4.69, 9.17) is 16.3 Å². The number of carbonyl (C=O) groups excluding carboxylic acids is 1. The maximum absolute atomic E-state index is 11.9. The SMILES string of the molecule is CCCCCSc1ccc(-c2ccc(OC(=O)[C@@H](Cl)C(C)C)cc2)cc1. The van der Waals surface area contributed by atoms with Gasteiger partial charge in [-0.25, -0.2) is 0 Å². The fourth-order valence-electron chi connectivity index (χ4n) is 2.45. The molecule has 0 fully saturated rings. The molecule has 0 saturated carbocycles. The molecule has 0 spiro atoms. The number of alkyl halides is 1. The molecule has 26 heavy (non-hydrogen) atoms. The molecular weight excluding hydrogens is 364 g/mol. The lowest BCUT2D eigenvalue weighted by molar-refractivity contribution is -0.134. The number of benzene rings is 2. The third-order valence-corrected chi connectivity index (χ3v) is 5.87. The number of thioether (sulfide) groups is 1. The number of hydrogen-bond acceptors (Lipinski definition) is 3. The van der Waals surface area contributed by atoms with Crippen LogP contribution in [0.2, 0.25) is 0 Å². The fourth-order valence-corrected chi connectivity index (χ4v) is 3.40. The molecular formula is C22H27ClO2S. The van der Waals surface area contributed by atoms with Crippen molar-refractivity contribution >= 4 is 29.3 Å². The molecule has 0 saturated heterocycles. The average molecular weight is 391 g/mol. The molecule has 0 unspecified atom stereocenters. The topological polar surface area (TPSA) is 26.3 Å². The largest absolute Gasteiger partial charge is 0.425 e. The predicted octanol–water partition coefficient (Wildman–Crippen LogP) is 6.80. The van der Waals surface area contributed by atoms with Crippen molar-refractivity contribution in [1.29, 1.82) is 0 Å². The zero-order valence-corrected chi connectivity index (χ0v) is 17.3. The molecule has 140 valence electrons. The molecule has 1 atom stereocenters.